The van der Waals surface area contributed by atoms with Gasteiger partial charge in [0, 0.05) is 6.42 Å². The number of hydrogen-bond acceptors (Lipinski definition) is 2. The Morgan fingerprint density at radius 2 is 1.12 bits per heavy atom. The van der Waals surface area contributed by atoms with Crippen molar-refractivity contribution in [2.75, 3.05) is 0 Å². The molecule has 0 saturated carbocycles. The third-order valence-electron chi connectivity index (χ3n) is 6.44. The molecule has 4 rings (SSSR count). The molecule has 0 spiro atoms. The van der Waals surface area contributed by atoms with Crippen LogP contribution in [0.15, 0.2) is 109 Å². The van der Waals surface area contributed by atoms with Crippen molar-refractivity contribution in [3.8, 4) is 5.75 Å². The summed E-state index contributed by atoms with van der Waals surface area (Å²) in [4.78, 5) is 13.6. The standard InChI is InChI=1S/C31H25F6NO2/c1-21(40-27-16-6-3-7-17-27)28(39)38-29(20-22-10-4-2-5-11-22,23-12-8-14-25(18-23)30(32,33)34)24-13-9-15-26(19-24)31(35,36)37/h2-19,21H,20H2,1H3,(H,38,39). The number of carbonyl (C=O) groups excluding carboxylic acids is 1. The third-order valence-corrected chi connectivity index (χ3v) is 6.44. The molecule has 0 heterocycles. The number of rotatable bonds is 8. The number of carbonyl (C=O) groups is 1. The maximum atomic E-state index is 13.8. The zero-order valence-corrected chi connectivity index (χ0v) is 21.3. The molecule has 1 atom stereocenters. The van der Waals surface area contributed by atoms with E-state index in [9.17, 15) is 31.1 Å². The van der Waals surface area contributed by atoms with Gasteiger partial charge in [-0.25, -0.2) is 0 Å². The minimum Gasteiger partial charge on any atom is -0.481 e. The molecule has 0 saturated heterocycles. The summed E-state index contributed by atoms with van der Waals surface area (Å²) >= 11 is 0. The fraction of sp³-hybridized carbons (Fsp3) is 0.194. The number of hydrogen-bond donors (Lipinski definition) is 1. The van der Waals surface area contributed by atoms with Crippen molar-refractivity contribution in [3.05, 3.63) is 137 Å². The minimum atomic E-state index is -4.73. The molecule has 0 radical (unpaired) electrons. The molecule has 3 nitrogen and oxygen atoms in total. The number of halogens is 6. The van der Waals surface area contributed by atoms with Crippen LogP contribution in [0, 0.1) is 0 Å². The van der Waals surface area contributed by atoms with Crippen LogP contribution in [0.25, 0.3) is 0 Å². The van der Waals surface area contributed by atoms with Crippen LogP contribution in [0.5, 0.6) is 5.75 Å². The minimum absolute atomic E-state index is 0.0363. The molecule has 0 bridgehead atoms. The quantitative estimate of drug-likeness (QED) is 0.225. The molecule has 40 heavy (non-hydrogen) atoms. The van der Waals surface area contributed by atoms with E-state index in [2.05, 4.69) is 5.32 Å². The van der Waals surface area contributed by atoms with Crippen LogP contribution in [0.1, 0.15) is 34.7 Å². The van der Waals surface area contributed by atoms with Crippen LogP contribution in [-0.4, -0.2) is 12.0 Å². The topological polar surface area (TPSA) is 38.3 Å². The van der Waals surface area contributed by atoms with Gasteiger partial charge in [0.05, 0.1) is 16.7 Å². The number of ether oxygens (including phenoxy) is 1. The van der Waals surface area contributed by atoms with E-state index in [0.29, 0.717) is 11.3 Å². The van der Waals surface area contributed by atoms with Crippen LogP contribution < -0.4 is 10.1 Å². The summed E-state index contributed by atoms with van der Waals surface area (Å²) in [6.45, 7) is 1.45. The van der Waals surface area contributed by atoms with Crippen molar-refractivity contribution in [1.82, 2.24) is 5.32 Å². The summed E-state index contributed by atoms with van der Waals surface area (Å²) < 4.78 is 88.4. The molecule has 208 valence electrons. The number of alkyl halides is 6. The fourth-order valence-electron chi connectivity index (χ4n) is 4.45. The predicted octanol–water partition coefficient (Wildman–Crippen LogP) is 7.79. The van der Waals surface area contributed by atoms with Crippen LogP contribution in [-0.2, 0) is 29.1 Å². The van der Waals surface area contributed by atoms with Gasteiger partial charge in [0.1, 0.15) is 5.75 Å². The van der Waals surface area contributed by atoms with Gasteiger partial charge in [0.2, 0.25) is 0 Å². The van der Waals surface area contributed by atoms with Gasteiger partial charge in [-0.15, -0.1) is 0 Å². The normalized spacial score (nSPS) is 13.0. The van der Waals surface area contributed by atoms with E-state index in [1.807, 2.05) is 0 Å². The van der Waals surface area contributed by atoms with Crippen molar-refractivity contribution in [2.24, 2.45) is 0 Å². The highest BCUT2D eigenvalue weighted by Crippen LogP contribution is 2.40. The molecule has 0 aliphatic rings. The van der Waals surface area contributed by atoms with Crippen LogP contribution in [0.4, 0.5) is 26.3 Å². The molecule has 9 heteroatoms. The largest absolute Gasteiger partial charge is 0.481 e. The average molecular weight is 558 g/mol. The summed E-state index contributed by atoms with van der Waals surface area (Å²) in [5.41, 5.74) is -3.32. The number of nitrogens with one attached hydrogen (secondary N) is 1. The summed E-state index contributed by atoms with van der Waals surface area (Å²) in [5.74, 6) is -0.355. The molecule has 1 unspecified atom stereocenters. The van der Waals surface area contributed by atoms with Crippen molar-refractivity contribution in [1.29, 1.82) is 0 Å². The molecule has 0 aliphatic carbocycles. The first-order valence-corrected chi connectivity index (χ1v) is 12.3. The Hall–Kier alpha value is -4.27. The molecule has 4 aromatic carbocycles. The lowest BCUT2D eigenvalue weighted by atomic mass is 9.76. The number of benzene rings is 4. The van der Waals surface area contributed by atoms with E-state index in [4.69, 9.17) is 4.74 Å². The van der Waals surface area contributed by atoms with Gasteiger partial charge in [0.25, 0.3) is 5.91 Å². The van der Waals surface area contributed by atoms with Crippen molar-refractivity contribution in [3.63, 3.8) is 0 Å². The van der Waals surface area contributed by atoms with E-state index in [1.54, 1.807) is 60.7 Å². The van der Waals surface area contributed by atoms with Crippen LogP contribution >= 0.6 is 0 Å². The lowest BCUT2D eigenvalue weighted by Crippen LogP contribution is -2.52. The fourth-order valence-corrected chi connectivity index (χ4v) is 4.45. The second-order valence-corrected chi connectivity index (χ2v) is 9.29. The first kappa shape index (κ1) is 28.7. The van der Waals surface area contributed by atoms with Gasteiger partial charge in [-0.2, -0.15) is 26.3 Å². The first-order valence-electron chi connectivity index (χ1n) is 12.3. The van der Waals surface area contributed by atoms with E-state index >= 15 is 0 Å². The Bertz CT molecular complexity index is 1380. The highest BCUT2D eigenvalue weighted by molar-refractivity contribution is 5.82. The SMILES string of the molecule is CC(Oc1ccccc1)C(=O)NC(Cc1ccccc1)(c1cccc(C(F)(F)F)c1)c1cccc(C(F)(F)F)c1. The predicted molar refractivity (Wildman–Crippen MR) is 138 cm³/mol. The maximum absolute atomic E-state index is 13.8. The molecular formula is C31H25F6NO2. The molecular weight excluding hydrogens is 532 g/mol. The van der Waals surface area contributed by atoms with Gasteiger partial charge >= 0.3 is 12.4 Å². The van der Waals surface area contributed by atoms with Gasteiger partial charge in [-0.3, -0.25) is 4.79 Å². The zero-order chi connectivity index (χ0) is 29.0. The smallest absolute Gasteiger partial charge is 0.416 e. The molecule has 4 aromatic rings. The monoisotopic (exact) mass is 557 g/mol. The van der Waals surface area contributed by atoms with Crippen LogP contribution in [0.2, 0.25) is 0 Å². The van der Waals surface area contributed by atoms with Crippen LogP contribution in [0.3, 0.4) is 0 Å². The Labute approximate surface area is 227 Å². The van der Waals surface area contributed by atoms with E-state index in [1.165, 1.54) is 31.2 Å². The molecule has 1 amide bonds. The maximum Gasteiger partial charge on any atom is 0.416 e. The van der Waals surface area contributed by atoms with Gasteiger partial charge < -0.3 is 10.1 Å². The summed E-state index contributed by atoms with van der Waals surface area (Å²) in [5, 5.41) is 2.79. The van der Waals surface area contributed by atoms with Gasteiger partial charge in [0.15, 0.2) is 6.10 Å². The Morgan fingerprint density at radius 1 is 0.675 bits per heavy atom. The summed E-state index contributed by atoms with van der Waals surface area (Å²) in [6, 6.07) is 25.4. The third kappa shape index (κ3) is 6.65. The van der Waals surface area contributed by atoms with E-state index in [0.717, 1.165) is 24.3 Å². The van der Waals surface area contributed by atoms with Crippen molar-refractivity contribution < 1.29 is 35.9 Å². The Kier molecular flexibility index (Phi) is 8.23. The summed E-state index contributed by atoms with van der Waals surface area (Å²) in [7, 11) is 0. The second kappa shape index (κ2) is 11.5. The van der Waals surface area contributed by atoms with E-state index in [-0.39, 0.29) is 17.5 Å². The second-order valence-electron chi connectivity index (χ2n) is 9.29. The molecule has 0 aliphatic heterocycles. The highest BCUT2D eigenvalue weighted by atomic mass is 19.4. The summed E-state index contributed by atoms with van der Waals surface area (Å²) in [6.07, 6.45) is -10.7. The lowest BCUT2D eigenvalue weighted by Gasteiger charge is -2.38. The van der Waals surface area contributed by atoms with Crippen molar-refractivity contribution >= 4 is 5.91 Å². The van der Waals surface area contributed by atoms with Crippen molar-refractivity contribution in [2.45, 2.75) is 37.3 Å². The Balaban J connectivity index is 1.91. The molecule has 1 N–H and O–H groups in total. The van der Waals surface area contributed by atoms with Gasteiger partial charge in [-0.05, 0) is 60.0 Å². The highest BCUT2D eigenvalue weighted by Gasteiger charge is 2.41. The molecule has 0 fully saturated rings. The van der Waals surface area contributed by atoms with Gasteiger partial charge in [-0.1, -0.05) is 72.8 Å². The zero-order valence-electron chi connectivity index (χ0n) is 21.3. The lowest BCUT2D eigenvalue weighted by molar-refractivity contribution is -0.138. The number of amides is 1. The average Bonchev–Trinajstić information content (AvgIpc) is 2.93. The van der Waals surface area contributed by atoms with E-state index < -0.39 is 41.0 Å². The Morgan fingerprint density at radius 3 is 1.60 bits per heavy atom. The first-order chi connectivity index (χ1) is 18.9. The molecule has 0 aromatic heterocycles. The number of para-hydroxylation sites is 1.